The van der Waals surface area contributed by atoms with Gasteiger partial charge in [0.1, 0.15) is 0 Å². The monoisotopic (exact) mass is 632 g/mol. The molecule has 0 aliphatic heterocycles. The van der Waals surface area contributed by atoms with Crippen LogP contribution in [0.3, 0.4) is 0 Å². The summed E-state index contributed by atoms with van der Waals surface area (Å²) in [5, 5.41) is 0. The van der Waals surface area contributed by atoms with Crippen LogP contribution in [0.1, 0.15) is 110 Å². The molecule has 0 radical (unpaired) electrons. The number of benzene rings is 1. The summed E-state index contributed by atoms with van der Waals surface area (Å²) in [4.78, 5) is 0. The van der Waals surface area contributed by atoms with Crippen LogP contribution in [0.25, 0.3) is 11.3 Å². The Morgan fingerprint density at radius 2 is 0.919 bits per heavy atom. The molecule has 1 heterocycles. The predicted octanol–water partition coefficient (Wildman–Crippen LogP) is 10.1. The second-order valence-electron chi connectivity index (χ2n) is 13.0. The maximum atomic E-state index is 9.93. The van der Waals surface area contributed by atoms with Crippen LogP contribution >= 0.6 is 0 Å². The van der Waals surface area contributed by atoms with Crippen LogP contribution in [0.15, 0.2) is 34.7 Å². The molecule has 0 N–H and O–H groups in total. The van der Waals surface area contributed by atoms with Crippen molar-refractivity contribution in [1.82, 2.24) is 0 Å². The summed E-state index contributed by atoms with van der Waals surface area (Å²) in [7, 11) is 0. The van der Waals surface area contributed by atoms with Crippen molar-refractivity contribution in [2.24, 2.45) is 23.7 Å². The van der Waals surface area contributed by atoms with Gasteiger partial charge in [0, 0.05) is 0 Å². The molecule has 8 heteroatoms. The molecule has 2 aromatic rings. The Bertz CT molecular complexity index is 1200. The summed E-state index contributed by atoms with van der Waals surface area (Å²) in [5.41, 5.74) is 6.65. The van der Waals surface area contributed by atoms with Gasteiger partial charge < -0.3 is 0 Å². The maximum Gasteiger partial charge on any atom is 0.363 e. The SMILES string of the molecule is [F][Sb-]([F])([F])([F])([F])[F].c1ccc(-c2[o+]c3c(c4c2C2C[C@@H]5CC4C[C@H](C2)C5)C2C[C@H]4CC3C[C@@H](C2)C4)cc1. The molecule has 0 spiro atoms. The quantitative estimate of drug-likeness (QED) is 0.173. The van der Waals surface area contributed by atoms with Crippen molar-refractivity contribution in [3.05, 3.63) is 52.8 Å². The van der Waals surface area contributed by atoms with Gasteiger partial charge >= 0.3 is 47.9 Å². The van der Waals surface area contributed by atoms with E-state index in [1.54, 1.807) is 11.1 Å². The molecular formula is C29H33F6OSb. The first kappa shape index (κ1) is 24.8. The van der Waals surface area contributed by atoms with Gasteiger partial charge in [-0.25, -0.2) is 4.42 Å². The molecule has 4 saturated carbocycles. The standard InChI is InChI=1S/C29H33O.6FH.Sb/c1-2-4-20(5-3-1)28-26-22-10-16-6-17(11-22)9-21(8-16)25(26)27-23-12-18-7-19(13-23)15-24(14-18)29(27)30-28;;;;;;;/h1-5,16-19,21-24H,6-15H2;6*1H;/q+1;;;;;;;+5/p-6/t16-,17+,18-,19+,21?,22?,23?,24?;;;;;;;. The molecule has 0 saturated heterocycles. The molecular weight excluding hydrogens is 600 g/mol. The minimum Gasteiger partial charge on any atom is -0.211 e. The van der Waals surface area contributed by atoms with Crippen molar-refractivity contribution in [3.8, 4) is 11.3 Å². The zero-order chi connectivity index (χ0) is 25.8. The van der Waals surface area contributed by atoms with Gasteiger partial charge in [0.2, 0.25) is 0 Å². The van der Waals surface area contributed by atoms with E-state index in [2.05, 4.69) is 30.3 Å². The van der Waals surface area contributed by atoms with Crippen LogP contribution in [-0.2, 0) is 0 Å². The van der Waals surface area contributed by atoms with Crippen molar-refractivity contribution >= 4 is 19.5 Å². The van der Waals surface area contributed by atoms with Gasteiger partial charge in [0.05, 0.1) is 22.6 Å². The molecule has 8 aliphatic rings. The second-order valence-corrected chi connectivity index (χ2v) is 18.4. The van der Waals surface area contributed by atoms with E-state index in [9.17, 15) is 16.9 Å². The molecule has 8 bridgehead atoms. The Balaban J connectivity index is 0.000000295. The van der Waals surface area contributed by atoms with Gasteiger partial charge in [-0.05, 0) is 123 Å². The Labute approximate surface area is 215 Å². The fourth-order valence-electron chi connectivity index (χ4n) is 9.62. The number of halogens is 6. The van der Waals surface area contributed by atoms with Crippen LogP contribution in [0, 0.1) is 23.7 Å². The summed E-state index contributed by atoms with van der Waals surface area (Å²) < 4.78 is 66.7. The molecule has 8 atom stereocenters. The molecule has 0 amide bonds. The van der Waals surface area contributed by atoms with Gasteiger partial charge in [0.25, 0.3) is 0 Å². The molecule has 1 nitrogen and oxygen atoms in total. The van der Waals surface area contributed by atoms with E-state index < -0.39 is 19.5 Å². The van der Waals surface area contributed by atoms with Crippen LogP contribution in [0.5, 0.6) is 0 Å². The minimum atomic E-state index is -11.2. The molecule has 4 unspecified atom stereocenters. The Hall–Kier alpha value is -1.23. The summed E-state index contributed by atoms with van der Waals surface area (Å²) in [6, 6.07) is 11.2. The number of rotatable bonds is 1. The van der Waals surface area contributed by atoms with Gasteiger partial charge in [-0.15, -0.1) is 0 Å². The summed E-state index contributed by atoms with van der Waals surface area (Å²) >= 11 is -11.2. The first-order valence-corrected chi connectivity index (χ1v) is 19.7. The second kappa shape index (κ2) is 7.70. The fraction of sp³-hybridized carbons (Fsp3) is 0.621. The summed E-state index contributed by atoms with van der Waals surface area (Å²) in [6.07, 6.45) is 14.5. The largest absolute Gasteiger partial charge is 0.363 e. The number of hydrogen-bond donors (Lipinski definition) is 0. The maximum absolute atomic E-state index is 11.2. The average molecular weight is 633 g/mol. The first-order chi connectivity index (χ1) is 17.2. The summed E-state index contributed by atoms with van der Waals surface area (Å²) in [5.74, 6) is 9.67. The Kier molecular flexibility index (Phi) is 5.16. The van der Waals surface area contributed by atoms with Crippen LogP contribution in [0.4, 0.5) is 16.9 Å². The molecule has 8 aliphatic carbocycles. The van der Waals surface area contributed by atoms with Crippen LogP contribution in [-0.4, -0.2) is 19.5 Å². The molecule has 1 aromatic heterocycles. The third-order valence-corrected chi connectivity index (χ3v) is 10.2. The van der Waals surface area contributed by atoms with Gasteiger partial charge in [0.15, 0.2) is 0 Å². The molecule has 4 fully saturated rings. The van der Waals surface area contributed by atoms with Crippen molar-refractivity contribution in [2.45, 2.75) is 87.9 Å². The van der Waals surface area contributed by atoms with E-state index in [1.165, 1.54) is 81.3 Å². The van der Waals surface area contributed by atoms with Gasteiger partial charge in [-0.3, -0.25) is 0 Å². The normalized spacial score (nSPS) is 38.4. The van der Waals surface area contributed by atoms with Crippen molar-refractivity contribution in [1.29, 1.82) is 0 Å². The fourth-order valence-corrected chi connectivity index (χ4v) is 9.62. The zero-order valence-electron chi connectivity index (χ0n) is 20.7. The molecule has 202 valence electrons. The summed E-state index contributed by atoms with van der Waals surface area (Å²) in [6.45, 7) is 0. The van der Waals surface area contributed by atoms with Crippen molar-refractivity contribution < 1.29 is 21.3 Å². The minimum absolute atomic E-state index is 0.696. The van der Waals surface area contributed by atoms with E-state index in [-0.39, 0.29) is 0 Å². The van der Waals surface area contributed by atoms with E-state index in [1.807, 2.05) is 5.56 Å². The van der Waals surface area contributed by atoms with Gasteiger partial charge in [-0.2, -0.15) is 0 Å². The van der Waals surface area contributed by atoms with E-state index >= 15 is 0 Å². The van der Waals surface area contributed by atoms with Crippen molar-refractivity contribution in [3.63, 3.8) is 0 Å². The molecule has 37 heavy (non-hydrogen) atoms. The first-order valence-electron chi connectivity index (χ1n) is 13.9. The van der Waals surface area contributed by atoms with E-state index in [0.717, 1.165) is 41.4 Å². The van der Waals surface area contributed by atoms with Gasteiger partial charge in [-0.1, -0.05) is 18.2 Å². The van der Waals surface area contributed by atoms with Crippen molar-refractivity contribution in [2.75, 3.05) is 0 Å². The molecule has 10 rings (SSSR count). The zero-order valence-corrected chi connectivity index (χ0v) is 23.3. The Morgan fingerprint density at radius 3 is 1.41 bits per heavy atom. The van der Waals surface area contributed by atoms with Crippen LogP contribution < -0.4 is 0 Å². The molecule has 1 aromatic carbocycles. The smallest absolute Gasteiger partial charge is 0.211 e. The van der Waals surface area contributed by atoms with E-state index in [0.29, 0.717) is 5.92 Å². The predicted molar refractivity (Wildman–Crippen MR) is 132 cm³/mol. The van der Waals surface area contributed by atoms with E-state index in [4.69, 9.17) is 4.42 Å². The third kappa shape index (κ3) is 4.96. The third-order valence-electron chi connectivity index (χ3n) is 10.2. The number of hydrogen-bond acceptors (Lipinski definition) is 0. The average Bonchev–Trinajstić information content (AvgIpc) is 3.07. The van der Waals surface area contributed by atoms with Crippen LogP contribution in [0.2, 0.25) is 0 Å². The Morgan fingerprint density at radius 1 is 0.514 bits per heavy atom. The topological polar surface area (TPSA) is 11.3 Å².